The monoisotopic (exact) mass is 269 g/mol. The number of alkyl halides is 3. The van der Waals surface area contributed by atoms with Gasteiger partial charge in [0.2, 0.25) is 5.95 Å². The molecule has 0 bridgehead atoms. The van der Waals surface area contributed by atoms with Crippen LogP contribution in [0.15, 0.2) is 30.3 Å². The molecule has 2 aromatic rings. The molecule has 0 amide bonds. The van der Waals surface area contributed by atoms with Crippen molar-refractivity contribution in [1.29, 1.82) is 0 Å². The number of hydrogen-bond acceptors (Lipinski definition) is 4. The van der Waals surface area contributed by atoms with Crippen molar-refractivity contribution in [1.82, 2.24) is 9.97 Å². The van der Waals surface area contributed by atoms with Crippen molar-refractivity contribution < 1.29 is 17.9 Å². The summed E-state index contributed by atoms with van der Waals surface area (Å²) in [7, 11) is 1.47. The molecule has 0 radical (unpaired) electrons. The number of halogens is 3. The second kappa shape index (κ2) is 4.75. The molecule has 4 nitrogen and oxygen atoms in total. The van der Waals surface area contributed by atoms with E-state index in [4.69, 9.17) is 10.5 Å². The van der Waals surface area contributed by atoms with Crippen LogP contribution < -0.4 is 10.5 Å². The highest BCUT2D eigenvalue weighted by Crippen LogP contribution is 2.31. The summed E-state index contributed by atoms with van der Waals surface area (Å²) < 4.78 is 42.9. The Morgan fingerprint density at radius 3 is 2.53 bits per heavy atom. The van der Waals surface area contributed by atoms with Crippen LogP contribution >= 0.6 is 0 Å². The van der Waals surface area contributed by atoms with Crippen molar-refractivity contribution >= 4 is 5.95 Å². The maximum atomic E-state index is 12.6. The van der Waals surface area contributed by atoms with E-state index in [1.54, 1.807) is 24.3 Å². The predicted octanol–water partition coefficient (Wildman–Crippen LogP) is 2.75. The van der Waals surface area contributed by atoms with Gasteiger partial charge in [0, 0.05) is 5.56 Å². The Kier molecular flexibility index (Phi) is 3.28. The zero-order valence-corrected chi connectivity index (χ0v) is 9.90. The highest BCUT2D eigenvalue weighted by Gasteiger charge is 2.33. The maximum absolute atomic E-state index is 12.6. The number of ether oxygens (including phenoxy) is 1. The van der Waals surface area contributed by atoms with E-state index in [-0.39, 0.29) is 5.69 Å². The molecular formula is C12H10F3N3O. The van der Waals surface area contributed by atoms with Crippen LogP contribution in [-0.4, -0.2) is 17.1 Å². The lowest BCUT2D eigenvalue weighted by Gasteiger charge is -2.09. The third kappa shape index (κ3) is 2.93. The van der Waals surface area contributed by atoms with E-state index in [0.717, 1.165) is 6.07 Å². The van der Waals surface area contributed by atoms with Gasteiger partial charge in [-0.2, -0.15) is 13.2 Å². The summed E-state index contributed by atoms with van der Waals surface area (Å²) in [6.07, 6.45) is -4.56. The van der Waals surface area contributed by atoms with Crippen LogP contribution in [0.3, 0.4) is 0 Å². The summed E-state index contributed by atoms with van der Waals surface area (Å²) in [5, 5.41) is 0. The van der Waals surface area contributed by atoms with Crippen molar-refractivity contribution in [2.45, 2.75) is 6.18 Å². The number of nitrogens with two attached hydrogens (primary N) is 1. The average molecular weight is 269 g/mol. The summed E-state index contributed by atoms with van der Waals surface area (Å²) in [5.41, 5.74) is 4.81. The minimum Gasteiger partial charge on any atom is -0.497 e. The lowest BCUT2D eigenvalue weighted by atomic mass is 10.1. The predicted molar refractivity (Wildman–Crippen MR) is 63.4 cm³/mol. The molecule has 0 aliphatic rings. The number of nitrogens with zero attached hydrogens (tertiary/aromatic N) is 2. The van der Waals surface area contributed by atoms with Crippen molar-refractivity contribution in [3.63, 3.8) is 0 Å². The van der Waals surface area contributed by atoms with Gasteiger partial charge in [-0.3, -0.25) is 0 Å². The van der Waals surface area contributed by atoms with Gasteiger partial charge >= 0.3 is 6.18 Å². The molecule has 2 N–H and O–H groups in total. The van der Waals surface area contributed by atoms with Gasteiger partial charge in [-0.15, -0.1) is 0 Å². The minimum atomic E-state index is -4.56. The second-order valence-electron chi connectivity index (χ2n) is 3.73. The first kappa shape index (κ1) is 13.1. The number of methoxy groups -OCH3 is 1. The highest BCUT2D eigenvalue weighted by atomic mass is 19.4. The fourth-order valence-corrected chi connectivity index (χ4v) is 1.54. The zero-order chi connectivity index (χ0) is 14.0. The van der Waals surface area contributed by atoms with Gasteiger partial charge < -0.3 is 10.5 Å². The van der Waals surface area contributed by atoms with Crippen LogP contribution in [0.2, 0.25) is 0 Å². The molecule has 2 rings (SSSR count). The Labute approximate surface area is 107 Å². The second-order valence-corrected chi connectivity index (χ2v) is 3.73. The summed E-state index contributed by atoms with van der Waals surface area (Å²) in [4.78, 5) is 6.99. The van der Waals surface area contributed by atoms with Crippen LogP contribution in [0, 0.1) is 0 Å². The molecule has 0 saturated heterocycles. The van der Waals surface area contributed by atoms with Gasteiger partial charge in [0.1, 0.15) is 5.75 Å². The highest BCUT2D eigenvalue weighted by molar-refractivity contribution is 5.62. The topological polar surface area (TPSA) is 61.0 Å². The summed E-state index contributed by atoms with van der Waals surface area (Å²) in [6, 6.07) is 7.37. The molecule has 0 aliphatic carbocycles. The van der Waals surface area contributed by atoms with Gasteiger partial charge in [0.15, 0.2) is 5.69 Å². The molecule has 100 valence electrons. The van der Waals surface area contributed by atoms with Gasteiger partial charge in [0.25, 0.3) is 0 Å². The van der Waals surface area contributed by atoms with Crippen LogP contribution in [0.25, 0.3) is 11.3 Å². The molecule has 0 unspecified atom stereocenters. The Morgan fingerprint density at radius 2 is 1.89 bits per heavy atom. The quantitative estimate of drug-likeness (QED) is 0.910. The first-order valence-electron chi connectivity index (χ1n) is 5.26. The zero-order valence-electron chi connectivity index (χ0n) is 9.90. The summed E-state index contributed by atoms with van der Waals surface area (Å²) in [6.45, 7) is 0. The van der Waals surface area contributed by atoms with E-state index in [1.165, 1.54) is 7.11 Å². The molecule has 1 aromatic heterocycles. The number of hydrogen-bond donors (Lipinski definition) is 1. The van der Waals surface area contributed by atoms with Gasteiger partial charge in [-0.05, 0) is 18.2 Å². The number of nitrogen functional groups attached to an aromatic ring is 1. The Morgan fingerprint density at radius 1 is 1.16 bits per heavy atom. The largest absolute Gasteiger partial charge is 0.497 e. The summed E-state index contributed by atoms with van der Waals surface area (Å²) in [5.74, 6) is 0.0934. The molecule has 7 heteroatoms. The summed E-state index contributed by atoms with van der Waals surface area (Å²) >= 11 is 0. The molecule has 0 fully saturated rings. The van der Waals surface area contributed by atoms with Gasteiger partial charge in [-0.25, -0.2) is 9.97 Å². The van der Waals surface area contributed by atoms with Crippen molar-refractivity contribution in [3.05, 3.63) is 36.0 Å². The van der Waals surface area contributed by atoms with Crippen LogP contribution in [0.1, 0.15) is 5.69 Å². The number of aromatic nitrogens is 2. The van der Waals surface area contributed by atoms with E-state index in [9.17, 15) is 13.2 Å². The average Bonchev–Trinajstić information content (AvgIpc) is 2.37. The van der Waals surface area contributed by atoms with Crippen molar-refractivity contribution in [3.8, 4) is 17.0 Å². The van der Waals surface area contributed by atoms with Crippen LogP contribution in [-0.2, 0) is 6.18 Å². The molecule has 0 saturated carbocycles. The molecule has 0 spiro atoms. The van der Waals surface area contributed by atoms with E-state index >= 15 is 0 Å². The van der Waals surface area contributed by atoms with Gasteiger partial charge in [0.05, 0.1) is 12.8 Å². The number of rotatable bonds is 2. The fourth-order valence-electron chi connectivity index (χ4n) is 1.54. The molecule has 0 aliphatic heterocycles. The molecule has 19 heavy (non-hydrogen) atoms. The van der Waals surface area contributed by atoms with Crippen molar-refractivity contribution in [2.75, 3.05) is 12.8 Å². The molecule has 1 aromatic carbocycles. The SMILES string of the molecule is COc1cccc(-c2cc(C(F)(F)F)nc(N)n2)c1. The third-order valence-corrected chi connectivity index (χ3v) is 2.40. The number of anilines is 1. The van der Waals surface area contributed by atoms with E-state index in [2.05, 4.69) is 9.97 Å². The normalized spacial score (nSPS) is 11.4. The smallest absolute Gasteiger partial charge is 0.433 e. The maximum Gasteiger partial charge on any atom is 0.433 e. The van der Waals surface area contributed by atoms with Crippen LogP contribution in [0.4, 0.5) is 19.1 Å². The Bertz CT molecular complexity index is 599. The third-order valence-electron chi connectivity index (χ3n) is 2.40. The lowest BCUT2D eigenvalue weighted by Crippen LogP contribution is -2.11. The van der Waals surface area contributed by atoms with Gasteiger partial charge in [-0.1, -0.05) is 12.1 Å². The first-order chi connectivity index (χ1) is 8.90. The minimum absolute atomic E-state index is 0.0960. The molecular weight excluding hydrogens is 259 g/mol. The first-order valence-corrected chi connectivity index (χ1v) is 5.26. The fraction of sp³-hybridized carbons (Fsp3) is 0.167. The van der Waals surface area contributed by atoms with E-state index < -0.39 is 17.8 Å². The van der Waals surface area contributed by atoms with E-state index in [1.807, 2.05) is 0 Å². The van der Waals surface area contributed by atoms with E-state index in [0.29, 0.717) is 11.3 Å². The van der Waals surface area contributed by atoms with Crippen molar-refractivity contribution in [2.24, 2.45) is 0 Å². The molecule has 0 atom stereocenters. The molecule has 1 heterocycles. The Hall–Kier alpha value is -2.31. The number of benzene rings is 1. The Balaban J connectivity index is 2.53. The standard InChI is InChI=1S/C12H10F3N3O/c1-19-8-4-2-3-7(5-8)9-6-10(12(13,14)15)18-11(16)17-9/h2-6H,1H3,(H2,16,17,18). The van der Waals surface area contributed by atoms with Crippen LogP contribution in [0.5, 0.6) is 5.75 Å². The lowest BCUT2D eigenvalue weighted by molar-refractivity contribution is -0.141.